The lowest BCUT2D eigenvalue weighted by molar-refractivity contribution is -0.140. The van der Waals surface area contributed by atoms with Gasteiger partial charge in [-0.1, -0.05) is 6.07 Å². The predicted octanol–water partition coefficient (Wildman–Crippen LogP) is 2.33. The molecule has 2 aromatic rings. The number of aromatic nitrogens is 1. The van der Waals surface area contributed by atoms with Crippen LogP contribution in [-0.2, 0) is 11.3 Å². The third kappa shape index (κ3) is 2.49. The van der Waals surface area contributed by atoms with E-state index in [-0.39, 0.29) is 11.7 Å². The molecular weight excluding hydrogens is 259 g/mol. The van der Waals surface area contributed by atoms with Gasteiger partial charge in [-0.05, 0) is 42.5 Å². The van der Waals surface area contributed by atoms with E-state index >= 15 is 0 Å². The molecule has 1 fully saturated rings. The third-order valence-corrected chi connectivity index (χ3v) is 3.67. The zero-order chi connectivity index (χ0) is 14.1. The minimum atomic E-state index is -0.827. The van der Waals surface area contributed by atoms with E-state index in [1.807, 2.05) is 0 Å². The van der Waals surface area contributed by atoms with Crippen molar-refractivity contribution in [3.63, 3.8) is 0 Å². The summed E-state index contributed by atoms with van der Waals surface area (Å²) in [5, 5.41) is 12.7. The Kier molecular flexibility index (Phi) is 3.36. The van der Waals surface area contributed by atoms with Crippen LogP contribution in [-0.4, -0.2) is 22.1 Å². The molecule has 0 amide bonds. The largest absolute Gasteiger partial charge is 0.480 e. The second kappa shape index (κ2) is 5.17. The van der Waals surface area contributed by atoms with Gasteiger partial charge >= 0.3 is 5.97 Å². The van der Waals surface area contributed by atoms with Gasteiger partial charge in [-0.25, -0.2) is 4.39 Å². The molecule has 0 saturated heterocycles. The smallest absolute Gasteiger partial charge is 0.320 e. The minimum absolute atomic E-state index is 0.215. The summed E-state index contributed by atoms with van der Waals surface area (Å²) in [5.41, 5.74) is 1.40. The van der Waals surface area contributed by atoms with Crippen molar-refractivity contribution in [1.29, 1.82) is 0 Å². The maximum Gasteiger partial charge on any atom is 0.320 e. The van der Waals surface area contributed by atoms with Gasteiger partial charge in [-0.2, -0.15) is 0 Å². The molecule has 3 rings (SSSR count). The normalized spacial score (nSPS) is 16.2. The highest BCUT2D eigenvalue weighted by Crippen LogP contribution is 2.33. The maximum absolute atomic E-state index is 13.7. The first kappa shape index (κ1) is 13.0. The van der Waals surface area contributed by atoms with Crippen molar-refractivity contribution in [2.24, 2.45) is 5.92 Å². The predicted molar refractivity (Wildman–Crippen MR) is 72.7 cm³/mol. The van der Waals surface area contributed by atoms with Crippen molar-refractivity contribution in [2.75, 3.05) is 0 Å². The number of nitrogens with zero attached hydrogens (tertiary/aromatic N) is 1. The first-order valence-electron chi connectivity index (χ1n) is 6.65. The summed E-state index contributed by atoms with van der Waals surface area (Å²) in [5.74, 6) is -0.923. The van der Waals surface area contributed by atoms with Gasteiger partial charge in [0.1, 0.15) is 11.9 Å². The number of halogens is 1. The van der Waals surface area contributed by atoms with Gasteiger partial charge in [-0.3, -0.25) is 15.1 Å². The van der Waals surface area contributed by atoms with Gasteiger partial charge in [-0.15, -0.1) is 0 Å². The lowest BCUT2D eigenvalue weighted by atomic mass is 10.1. The van der Waals surface area contributed by atoms with Gasteiger partial charge in [0.15, 0.2) is 0 Å². The molecule has 2 N–H and O–H groups in total. The molecule has 1 aliphatic carbocycles. The van der Waals surface area contributed by atoms with E-state index in [1.54, 1.807) is 24.4 Å². The quantitative estimate of drug-likeness (QED) is 0.878. The van der Waals surface area contributed by atoms with Crippen molar-refractivity contribution in [3.8, 4) is 0 Å². The molecule has 5 heteroatoms. The van der Waals surface area contributed by atoms with Crippen molar-refractivity contribution < 1.29 is 14.3 Å². The van der Waals surface area contributed by atoms with Gasteiger partial charge in [0, 0.05) is 18.1 Å². The SMILES string of the molecule is O=C(O)C(NCc1ccc(F)c2cccnc12)C1CC1. The van der Waals surface area contributed by atoms with Crippen LogP contribution in [0.4, 0.5) is 4.39 Å². The summed E-state index contributed by atoms with van der Waals surface area (Å²) in [6, 6.07) is 5.89. The second-order valence-electron chi connectivity index (χ2n) is 5.14. The molecule has 0 aliphatic heterocycles. The molecule has 1 aliphatic rings. The summed E-state index contributed by atoms with van der Waals surface area (Å²) in [6.45, 7) is 0.376. The number of benzene rings is 1. The first-order chi connectivity index (χ1) is 9.66. The van der Waals surface area contributed by atoms with Crippen molar-refractivity contribution in [1.82, 2.24) is 10.3 Å². The number of carboxylic acid groups (broad SMARTS) is 1. The van der Waals surface area contributed by atoms with Crippen LogP contribution in [0.15, 0.2) is 30.5 Å². The first-order valence-corrected chi connectivity index (χ1v) is 6.65. The number of hydrogen-bond acceptors (Lipinski definition) is 3. The molecule has 1 saturated carbocycles. The van der Waals surface area contributed by atoms with E-state index in [2.05, 4.69) is 10.3 Å². The van der Waals surface area contributed by atoms with E-state index in [4.69, 9.17) is 0 Å². The van der Waals surface area contributed by atoms with Gasteiger partial charge in [0.2, 0.25) is 0 Å². The molecule has 1 aromatic heterocycles. The number of carbonyl (C=O) groups is 1. The average Bonchev–Trinajstić information content (AvgIpc) is 3.26. The van der Waals surface area contributed by atoms with Crippen LogP contribution in [0, 0.1) is 11.7 Å². The molecule has 1 unspecified atom stereocenters. The Morgan fingerprint density at radius 3 is 2.95 bits per heavy atom. The van der Waals surface area contributed by atoms with E-state index < -0.39 is 12.0 Å². The average molecular weight is 274 g/mol. The molecule has 0 bridgehead atoms. The van der Waals surface area contributed by atoms with Crippen LogP contribution in [0.5, 0.6) is 0 Å². The van der Waals surface area contributed by atoms with Crippen LogP contribution in [0.3, 0.4) is 0 Å². The fraction of sp³-hybridized carbons (Fsp3) is 0.333. The van der Waals surface area contributed by atoms with E-state index in [0.29, 0.717) is 17.4 Å². The summed E-state index contributed by atoms with van der Waals surface area (Å²) in [6.07, 6.45) is 3.51. The van der Waals surface area contributed by atoms with Crippen LogP contribution in [0.25, 0.3) is 10.9 Å². The minimum Gasteiger partial charge on any atom is -0.480 e. The maximum atomic E-state index is 13.7. The van der Waals surface area contributed by atoms with Crippen LogP contribution >= 0.6 is 0 Å². The molecule has 1 aromatic carbocycles. The summed E-state index contributed by atoms with van der Waals surface area (Å²) < 4.78 is 13.7. The summed E-state index contributed by atoms with van der Waals surface area (Å²) >= 11 is 0. The Morgan fingerprint density at radius 1 is 1.45 bits per heavy atom. The number of fused-ring (bicyclic) bond motifs is 1. The van der Waals surface area contributed by atoms with Gasteiger partial charge in [0.05, 0.1) is 5.52 Å². The van der Waals surface area contributed by atoms with Crippen LogP contribution < -0.4 is 5.32 Å². The number of pyridine rings is 1. The Morgan fingerprint density at radius 2 is 2.25 bits per heavy atom. The number of hydrogen-bond donors (Lipinski definition) is 2. The fourth-order valence-corrected chi connectivity index (χ4v) is 2.44. The van der Waals surface area contributed by atoms with Crippen molar-refractivity contribution in [2.45, 2.75) is 25.4 Å². The zero-order valence-corrected chi connectivity index (χ0v) is 10.8. The van der Waals surface area contributed by atoms with Crippen molar-refractivity contribution >= 4 is 16.9 Å². The fourth-order valence-electron chi connectivity index (χ4n) is 2.44. The summed E-state index contributed by atoms with van der Waals surface area (Å²) in [7, 11) is 0. The van der Waals surface area contributed by atoms with Crippen molar-refractivity contribution in [3.05, 3.63) is 41.8 Å². The number of rotatable bonds is 5. The van der Waals surface area contributed by atoms with Gasteiger partial charge in [0.25, 0.3) is 0 Å². The lowest BCUT2D eigenvalue weighted by Gasteiger charge is -2.14. The second-order valence-corrected chi connectivity index (χ2v) is 5.14. The van der Waals surface area contributed by atoms with Crippen LogP contribution in [0.2, 0.25) is 0 Å². The lowest BCUT2D eigenvalue weighted by Crippen LogP contribution is -2.38. The Hall–Kier alpha value is -2.01. The highest BCUT2D eigenvalue weighted by molar-refractivity contribution is 5.82. The molecule has 1 atom stereocenters. The molecule has 0 spiro atoms. The molecule has 1 heterocycles. The van der Waals surface area contributed by atoms with E-state index in [1.165, 1.54) is 6.07 Å². The Bertz CT molecular complexity index is 655. The molecule has 20 heavy (non-hydrogen) atoms. The molecular formula is C15H15FN2O2. The standard InChI is InChI=1S/C15H15FN2O2/c16-12-6-5-10(13-11(12)2-1-7-17-13)8-18-14(15(19)20)9-3-4-9/h1-2,5-7,9,14,18H,3-4,8H2,(H,19,20). The highest BCUT2D eigenvalue weighted by Gasteiger charge is 2.35. The number of nitrogens with one attached hydrogen (secondary N) is 1. The summed E-state index contributed by atoms with van der Waals surface area (Å²) in [4.78, 5) is 15.4. The number of carboxylic acids is 1. The number of aliphatic carboxylic acids is 1. The third-order valence-electron chi connectivity index (χ3n) is 3.67. The molecule has 104 valence electrons. The van der Waals surface area contributed by atoms with E-state index in [0.717, 1.165) is 18.4 Å². The topological polar surface area (TPSA) is 62.2 Å². The van der Waals surface area contributed by atoms with E-state index in [9.17, 15) is 14.3 Å². The zero-order valence-electron chi connectivity index (χ0n) is 10.8. The Balaban J connectivity index is 1.84. The molecule has 0 radical (unpaired) electrons. The Labute approximate surface area is 115 Å². The molecule has 4 nitrogen and oxygen atoms in total. The van der Waals surface area contributed by atoms with Gasteiger partial charge < -0.3 is 5.11 Å². The van der Waals surface area contributed by atoms with Crippen LogP contribution in [0.1, 0.15) is 18.4 Å². The monoisotopic (exact) mass is 274 g/mol. The highest BCUT2D eigenvalue weighted by atomic mass is 19.1.